The molecule has 118 valence electrons. The summed E-state index contributed by atoms with van der Waals surface area (Å²) in [6.07, 6.45) is -4.69. The third-order valence-electron chi connectivity index (χ3n) is 3.21. The third-order valence-corrected chi connectivity index (χ3v) is 3.54. The summed E-state index contributed by atoms with van der Waals surface area (Å²) in [5.41, 5.74) is 1.43. The van der Waals surface area contributed by atoms with Crippen LogP contribution in [0.4, 0.5) is 24.5 Å². The summed E-state index contributed by atoms with van der Waals surface area (Å²) in [5, 5.41) is 5.67. The van der Waals surface area contributed by atoms with E-state index < -0.39 is 6.36 Å². The van der Waals surface area contributed by atoms with E-state index in [1.165, 1.54) is 24.3 Å². The van der Waals surface area contributed by atoms with Gasteiger partial charge in [-0.1, -0.05) is 29.8 Å². The van der Waals surface area contributed by atoms with Crippen molar-refractivity contribution >= 4 is 33.7 Å². The highest BCUT2D eigenvalue weighted by atomic mass is 35.5. The van der Waals surface area contributed by atoms with E-state index in [-0.39, 0.29) is 5.75 Å². The van der Waals surface area contributed by atoms with Crippen LogP contribution in [-0.2, 0) is 0 Å². The lowest BCUT2D eigenvalue weighted by atomic mass is 10.1. The number of nitrogens with one attached hydrogen (secondary N) is 1. The van der Waals surface area contributed by atoms with Crippen molar-refractivity contribution in [1.29, 1.82) is 0 Å². The third kappa shape index (κ3) is 3.87. The normalized spacial score (nSPS) is 11.5. The van der Waals surface area contributed by atoms with Crippen LogP contribution in [0.3, 0.4) is 0 Å². The molecule has 0 radical (unpaired) electrons. The van der Waals surface area contributed by atoms with Crippen molar-refractivity contribution in [2.45, 2.75) is 6.36 Å². The molecule has 0 heterocycles. The highest BCUT2D eigenvalue weighted by Gasteiger charge is 2.30. The molecule has 0 aliphatic rings. The Morgan fingerprint density at radius 3 is 2.26 bits per heavy atom. The lowest BCUT2D eigenvalue weighted by Gasteiger charge is -2.11. The van der Waals surface area contributed by atoms with Gasteiger partial charge in [-0.2, -0.15) is 0 Å². The van der Waals surface area contributed by atoms with Crippen LogP contribution < -0.4 is 10.1 Å². The summed E-state index contributed by atoms with van der Waals surface area (Å²) in [6.45, 7) is 0. The number of halogens is 4. The lowest BCUT2D eigenvalue weighted by Crippen LogP contribution is -2.16. The Morgan fingerprint density at radius 2 is 1.57 bits per heavy atom. The van der Waals surface area contributed by atoms with Crippen molar-refractivity contribution in [1.82, 2.24) is 0 Å². The quantitative estimate of drug-likeness (QED) is 0.620. The van der Waals surface area contributed by atoms with Crippen LogP contribution in [0.1, 0.15) is 0 Å². The van der Waals surface area contributed by atoms with Gasteiger partial charge in [0.05, 0.1) is 0 Å². The van der Waals surface area contributed by atoms with Crippen molar-refractivity contribution < 1.29 is 17.9 Å². The molecule has 2 nitrogen and oxygen atoms in total. The Balaban J connectivity index is 1.80. The molecule has 0 aromatic heterocycles. The van der Waals surface area contributed by atoms with Gasteiger partial charge in [0.15, 0.2) is 0 Å². The average Bonchev–Trinajstić information content (AvgIpc) is 2.49. The number of ether oxygens (including phenoxy) is 1. The fourth-order valence-corrected chi connectivity index (χ4v) is 2.46. The zero-order valence-electron chi connectivity index (χ0n) is 11.7. The van der Waals surface area contributed by atoms with Crippen molar-refractivity contribution in [3.8, 4) is 5.75 Å². The first-order valence-corrected chi connectivity index (χ1v) is 7.10. The predicted molar refractivity (Wildman–Crippen MR) is 85.4 cm³/mol. The van der Waals surface area contributed by atoms with E-state index in [2.05, 4.69) is 10.1 Å². The molecule has 0 unspecified atom stereocenters. The summed E-state index contributed by atoms with van der Waals surface area (Å²) in [4.78, 5) is 0. The molecule has 0 bridgehead atoms. The van der Waals surface area contributed by atoms with Gasteiger partial charge in [0.2, 0.25) is 0 Å². The number of alkyl halides is 3. The second-order valence-electron chi connectivity index (χ2n) is 4.87. The van der Waals surface area contributed by atoms with E-state index in [1.807, 2.05) is 30.3 Å². The van der Waals surface area contributed by atoms with E-state index in [4.69, 9.17) is 11.6 Å². The average molecular weight is 338 g/mol. The Labute approximate surface area is 135 Å². The molecule has 0 spiro atoms. The number of anilines is 2. The maximum Gasteiger partial charge on any atom is 0.573 e. The van der Waals surface area contributed by atoms with Gasteiger partial charge >= 0.3 is 6.36 Å². The maximum absolute atomic E-state index is 12.1. The van der Waals surface area contributed by atoms with Crippen LogP contribution in [0.25, 0.3) is 10.8 Å². The fourth-order valence-electron chi connectivity index (χ4n) is 2.22. The number of benzene rings is 3. The van der Waals surface area contributed by atoms with Gasteiger partial charge < -0.3 is 10.1 Å². The Hall–Kier alpha value is -2.40. The minimum absolute atomic E-state index is 0.260. The first-order valence-electron chi connectivity index (χ1n) is 6.72. The fraction of sp³-hybridized carbons (Fsp3) is 0.0588. The standard InChI is InChI=1S/C17H11ClF3NO/c18-16-3-1-2-11-4-5-13(10-15(11)16)22-12-6-8-14(9-7-12)23-17(19,20)21/h1-10,22H. The largest absolute Gasteiger partial charge is 0.573 e. The van der Waals surface area contributed by atoms with Crippen LogP contribution >= 0.6 is 11.6 Å². The van der Waals surface area contributed by atoms with E-state index in [1.54, 1.807) is 6.07 Å². The molecule has 0 fully saturated rings. The molecule has 0 aliphatic heterocycles. The van der Waals surface area contributed by atoms with Crippen LogP contribution in [0.15, 0.2) is 60.7 Å². The minimum atomic E-state index is -4.69. The van der Waals surface area contributed by atoms with E-state index in [0.717, 1.165) is 16.5 Å². The molecule has 3 aromatic carbocycles. The first kappa shape index (κ1) is 15.5. The highest BCUT2D eigenvalue weighted by Crippen LogP contribution is 2.29. The Bertz CT molecular complexity index is 831. The van der Waals surface area contributed by atoms with Gasteiger partial charge in [0.25, 0.3) is 0 Å². The maximum atomic E-state index is 12.1. The highest BCUT2D eigenvalue weighted by molar-refractivity contribution is 6.35. The SMILES string of the molecule is FC(F)(F)Oc1ccc(Nc2ccc3cccc(Cl)c3c2)cc1. The molecule has 6 heteroatoms. The smallest absolute Gasteiger partial charge is 0.406 e. The van der Waals surface area contributed by atoms with Crippen LogP contribution in [0.5, 0.6) is 5.75 Å². The van der Waals surface area contributed by atoms with Crippen LogP contribution in [-0.4, -0.2) is 6.36 Å². The van der Waals surface area contributed by atoms with Crippen LogP contribution in [0.2, 0.25) is 5.02 Å². The first-order chi connectivity index (χ1) is 10.9. The molecule has 3 rings (SSSR count). The summed E-state index contributed by atoms with van der Waals surface area (Å²) >= 11 is 6.16. The van der Waals surface area contributed by atoms with Gasteiger partial charge in [-0.15, -0.1) is 13.2 Å². The van der Waals surface area contributed by atoms with Crippen molar-refractivity contribution in [3.63, 3.8) is 0 Å². The Morgan fingerprint density at radius 1 is 0.870 bits per heavy atom. The summed E-state index contributed by atoms with van der Waals surface area (Å²) in [7, 11) is 0. The van der Waals surface area contributed by atoms with Gasteiger partial charge in [0, 0.05) is 21.8 Å². The molecule has 23 heavy (non-hydrogen) atoms. The molecule has 0 atom stereocenters. The molecule has 1 N–H and O–H groups in total. The van der Waals surface area contributed by atoms with Gasteiger partial charge in [-0.25, -0.2) is 0 Å². The number of hydrogen-bond donors (Lipinski definition) is 1. The molecule has 0 amide bonds. The number of hydrogen-bond acceptors (Lipinski definition) is 2. The monoisotopic (exact) mass is 337 g/mol. The summed E-state index contributed by atoms with van der Waals surface area (Å²) in [6, 6.07) is 16.8. The molecule has 3 aromatic rings. The molecular formula is C17H11ClF3NO. The van der Waals surface area contributed by atoms with Gasteiger partial charge in [-0.3, -0.25) is 0 Å². The topological polar surface area (TPSA) is 21.3 Å². The summed E-state index contributed by atoms with van der Waals surface area (Å²) in [5.74, 6) is -0.260. The zero-order valence-corrected chi connectivity index (χ0v) is 12.4. The molecule has 0 aliphatic carbocycles. The second-order valence-corrected chi connectivity index (χ2v) is 5.28. The van der Waals surface area contributed by atoms with E-state index >= 15 is 0 Å². The molecule has 0 saturated carbocycles. The molecular weight excluding hydrogens is 327 g/mol. The van der Waals surface area contributed by atoms with Crippen molar-refractivity contribution in [2.75, 3.05) is 5.32 Å². The van der Waals surface area contributed by atoms with Gasteiger partial charge in [-0.05, 0) is 47.9 Å². The Kier molecular flexibility index (Phi) is 4.05. The number of fused-ring (bicyclic) bond motifs is 1. The van der Waals surface area contributed by atoms with Crippen molar-refractivity contribution in [2.24, 2.45) is 0 Å². The zero-order chi connectivity index (χ0) is 16.4. The van der Waals surface area contributed by atoms with Gasteiger partial charge in [0.1, 0.15) is 5.75 Å². The van der Waals surface area contributed by atoms with Crippen molar-refractivity contribution in [3.05, 3.63) is 65.7 Å². The van der Waals surface area contributed by atoms with E-state index in [9.17, 15) is 13.2 Å². The predicted octanol–water partition coefficient (Wildman–Crippen LogP) is 6.14. The van der Waals surface area contributed by atoms with Crippen LogP contribution in [0, 0.1) is 0 Å². The molecule has 0 saturated heterocycles. The van der Waals surface area contributed by atoms with E-state index in [0.29, 0.717) is 10.7 Å². The minimum Gasteiger partial charge on any atom is -0.406 e. The summed E-state index contributed by atoms with van der Waals surface area (Å²) < 4.78 is 40.2. The second kappa shape index (κ2) is 6.01. The lowest BCUT2D eigenvalue weighted by molar-refractivity contribution is -0.274. The number of rotatable bonds is 3.